The van der Waals surface area contributed by atoms with Crippen LogP contribution in [0.2, 0.25) is 0 Å². The molecule has 138 valence electrons. The fourth-order valence-electron chi connectivity index (χ4n) is 3.03. The number of halogens is 2. The lowest BCUT2D eigenvalue weighted by atomic mass is 10.1. The van der Waals surface area contributed by atoms with Crippen LogP contribution in [0.25, 0.3) is 0 Å². The second kappa shape index (κ2) is 11.6. The number of amides is 1. The molecule has 1 aliphatic heterocycles. The number of carbonyl (C=O) groups excluding carboxylic acids is 1. The van der Waals surface area contributed by atoms with Gasteiger partial charge in [-0.05, 0) is 56.5 Å². The van der Waals surface area contributed by atoms with E-state index in [1.54, 1.807) is 0 Å². The third kappa shape index (κ3) is 5.83. The maximum atomic E-state index is 12.5. The highest BCUT2D eigenvalue weighted by molar-refractivity contribution is 5.94. The van der Waals surface area contributed by atoms with Crippen LogP contribution in [0.15, 0.2) is 24.3 Å². The molecule has 6 heteroatoms. The smallest absolute Gasteiger partial charge is 0.253 e. The van der Waals surface area contributed by atoms with Gasteiger partial charge in [0.1, 0.15) is 0 Å². The molecule has 4 nitrogen and oxygen atoms in total. The highest BCUT2D eigenvalue weighted by Gasteiger charge is 2.25. The van der Waals surface area contributed by atoms with E-state index in [0.29, 0.717) is 12.5 Å². The highest BCUT2D eigenvalue weighted by atomic mass is 35.5. The summed E-state index contributed by atoms with van der Waals surface area (Å²) in [6.45, 7) is 8.76. The van der Waals surface area contributed by atoms with Gasteiger partial charge in [0, 0.05) is 37.4 Å². The van der Waals surface area contributed by atoms with Crippen LogP contribution in [0, 0.1) is 5.92 Å². The number of carbonyl (C=O) groups is 1. The van der Waals surface area contributed by atoms with Gasteiger partial charge in [0.2, 0.25) is 0 Å². The second-order valence-electron chi connectivity index (χ2n) is 6.12. The van der Waals surface area contributed by atoms with Gasteiger partial charge >= 0.3 is 0 Å². The molecule has 1 atom stereocenters. The molecule has 0 bridgehead atoms. The quantitative estimate of drug-likeness (QED) is 0.791. The Morgan fingerprint density at radius 2 is 1.92 bits per heavy atom. The molecular formula is C18H31Cl2N3O. The molecule has 1 heterocycles. The SMILES string of the molecule is CCCCN(CC)c1ccc(C(=O)N2CCC(CN)C2)cc1.Cl.Cl. The predicted octanol–water partition coefficient (Wildman–Crippen LogP) is 3.58. The third-order valence-electron chi connectivity index (χ3n) is 4.55. The Morgan fingerprint density at radius 3 is 2.42 bits per heavy atom. The highest BCUT2D eigenvalue weighted by Crippen LogP contribution is 2.20. The van der Waals surface area contributed by atoms with Crippen molar-refractivity contribution < 1.29 is 4.79 Å². The molecule has 2 rings (SSSR count). The summed E-state index contributed by atoms with van der Waals surface area (Å²) in [5.41, 5.74) is 7.69. The van der Waals surface area contributed by atoms with E-state index in [1.165, 1.54) is 18.5 Å². The van der Waals surface area contributed by atoms with E-state index >= 15 is 0 Å². The van der Waals surface area contributed by atoms with E-state index in [4.69, 9.17) is 5.73 Å². The molecule has 0 aliphatic carbocycles. The zero-order valence-corrected chi connectivity index (χ0v) is 16.4. The van der Waals surface area contributed by atoms with Crippen molar-refractivity contribution in [1.29, 1.82) is 0 Å². The van der Waals surface area contributed by atoms with Crippen LogP contribution < -0.4 is 10.6 Å². The summed E-state index contributed by atoms with van der Waals surface area (Å²) in [4.78, 5) is 16.8. The molecule has 1 aromatic rings. The summed E-state index contributed by atoms with van der Waals surface area (Å²) < 4.78 is 0. The molecule has 1 saturated heterocycles. The molecule has 1 unspecified atom stereocenters. The maximum absolute atomic E-state index is 12.5. The van der Waals surface area contributed by atoms with Gasteiger partial charge in [-0.2, -0.15) is 0 Å². The molecule has 1 amide bonds. The molecule has 0 saturated carbocycles. The summed E-state index contributed by atoms with van der Waals surface area (Å²) in [5, 5.41) is 0. The van der Waals surface area contributed by atoms with Crippen molar-refractivity contribution in [2.75, 3.05) is 37.6 Å². The Morgan fingerprint density at radius 1 is 1.25 bits per heavy atom. The van der Waals surface area contributed by atoms with E-state index in [2.05, 4.69) is 30.9 Å². The minimum atomic E-state index is 0. The minimum absolute atomic E-state index is 0. The molecule has 1 fully saturated rings. The molecule has 1 aliphatic rings. The van der Waals surface area contributed by atoms with Crippen molar-refractivity contribution in [3.8, 4) is 0 Å². The number of benzene rings is 1. The van der Waals surface area contributed by atoms with Crippen LogP contribution in [-0.2, 0) is 0 Å². The predicted molar refractivity (Wildman–Crippen MR) is 107 cm³/mol. The zero-order valence-electron chi connectivity index (χ0n) is 14.7. The van der Waals surface area contributed by atoms with Crippen molar-refractivity contribution >= 4 is 36.4 Å². The monoisotopic (exact) mass is 375 g/mol. The first kappa shape index (κ1) is 23.0. The fraction of sp³-hybridized carbons (Fsp3) is 0.611. The van der Waals surface area contributed by atoms with Crippen molar-refractivity contribution in [3.63, 3.8) is 0 Å². The second-order valence-corrected chi connectivity index (χ2v) is 6.12. The fourth-order valence-corrected chi connectivity index (χ4v) is 3.03. The van der Waals surface area contributed by atoms with Gasteiger partial charge in [0.25, 0.3) is 5.91 Å². The van der Waals surface area contributed by atoms with Gasteiger partial charge < -0.3 is 15.5 Å². The van der Waals surface area contributed by atoms with Crippen molar-refractivity contribution in [2.24, 2.45) is 11.7 Å². The Labute approximate surface area is 158 Å². The van der Waals surface area contributed by atoms with E-state index in [0.717, 1.165) is 38.2 Å². The maximum Gasteiger partial charge on any atom is 0.253 e. The average molecular weight is 376 g/mol. The summed E-state index contributed by atoms with van der Waals surface area (Å²) >= 11 is 0. The van der Waals surface area contributed by atoms with Gasteiger partial charge in [-0.25, -0.2) is 0 Å². The lowest BCUT2D eigenvalue weighted by Gasteiger charge is -2.23. The molecule has 0 spiro atoms. The number of nitrogens with two attached hydrogens (primary N) is 1. The van der Waals surface area contributed by atoms with E-state index < -0.39 is 0 Å². The van der Waals surface area contributed by atoms with Crippen LogP contribution in [0.4, 0.5) is 5.69 Å². The molecule has 0 aromatic heterocycles. The largest absolute Gasteiger partial charge is 0.372 e. The summed E-state index contributed by atoms with van der Waals surface area (Å²) in [6, 6.07) is 8.07. The molecule has 1 aromatic carbocycles. The molecule has 24 heavy (non-hydrogen) atoms. The molecule has 2 N–H and O–H groups in total. The van der Waals surface area contributed by atoms with Gasteiger partial charge in [-0.3, -0.25) is 4.79 Å². The van der Waals surface area contributed by atoms with Crippen LogP contribution in [0.5, 0.6) is 0 Å². The van der Waals surface area contributed by atoms with Crippen LogP contribution in [0.3, 0.4) is 0 Å². The first-order valence-corrected chi connectivity index (χ1v) is 8.53. The van der Waals surface area contributed by atoms with Crippen molar-refractivity contribution in [1.82, 2.24) is 4.90 Å². The summed E-state index contributed by atoms with van der Waals surface area (Å²) in [5.74, 6) is 0.604. The molecule has 0 radical (unpaired) electrons. The topological polar surface area (TPSA) is 49.6 Å². The lowest BCUT2D eigenvalue weighted by molar-refractivity contribution is 0.0787. The normalized spacial score (nSPS) is 16.3. The minimum Gasteiger partial charge on any atom is -0.372 e. The Hall–Kier alpha value is -0.970. The number of nitrogens with zero attached hydrogens (tertiary/aromatic N) is 2. The number of rotatable bonds is 7. The Bertz CT molecular complexity index is 482. The van der Waals surface area contributed by atoms with Gasteiger partial charge in [-0.15, -0.1) is 24.8 Å². The standard InChI is InChI=1S/C18H29N3O.2ClH/c1-3-5-11-20(4-2)17-8-6-16(7-9-17)18(22)21-12-10-15(13-19)14-21;;/h6-9,15H,3-5,10-14,19H2,1-2H3;2*1H. The zero-order chi connectivity index (χ0) is 15.9. The first-order valence-electron chi connectivity index (χ1n) is 8.53. The Kier molecular flexibility index (Phi) is 11.1. The third-order valence-corrected chi connectivity index (χ3v) is 4.55. The van der Waals surface area contributed by atoms with Crippen LogP contribution in [-0.4, -0.2) is 43.5 Å². The number of unbranched alkanes of at least 4 members (excludes halogenated alkanes) is 1. The Balaban J connectivity index is 0.00000264. The van der Waals surface area contributed by atoms with Crippen molar-refractivity contribution in [3.05, 3.63) is 29.8 Å². The molecular weight excluding hydrogens is 345 g/mol. The van der Waals surface area contributed by atoms with Gasteiger partial charge in [-0.1, -0.05) is 13.3 Å². The first-order chi connectivity index (χ1) is 10.7. The van der Waals surface area contributed by atoms with Gasteiger partial charge in [0.15, 0.2) is 0 Å². The van der Waals surface area contributed by atoms with E-state index in [1.807, 2.05) is 17.0 Å². The van der Waals surface area contributed by atoms with Crippen LogP contribution in [0.1, 0.15) is 43.5 Å². The van der Waals surface area contributed by atoms with Crippen molar-refractivity contribution in [2.45, 2.75) is 33.1 Å². The number of anilines is 1. The summed E-state index contributed by atoms with van der Waals surface area (Å²) in [7, 11) is 0. The number of likely N-dealkylation sites (tertiary alicyclic amines) is 1. The van der Waals surface area contributed by atoms with Gasteiger partial charge in [0.05, 0.1) is 0 Å². The van der Waals surface area contributed by atoms with Crippen LogP contribution >= 0.6 is 24.8 Å². The summed E-state index contributed by atoms with van der Waals surface area (Å²) in [6.07, 6.45) is 3.42. The number of hydrogen-bond donors (Lipinski definition) is 1. The van der Waals surface area contributed by atoms with E-state index in [9.17, 15) is 4.79 Å². The lowest BCUT2D eigenvalue weighted by Crippen LogP contribution is -2.30. The number of hydrogen-bond acceptors (Lipinski definition) is 3. The average Bonchev–Trinajstić information content (AvgIpc) is 3.04. The van der Waals surface area contributed by atoms with E-state index in [-0.39, 0.29) is 30.7 Å².